The van der Waals surface area contributed by atoms with Crippen molar-refractivity contribution in [3.05, 3.63) is 64.7 Å². The van der Waals surface area contributed by atoms with Crippen molar-refractivity contribution in [1.29, 1.82) is 0 Å². The van der Waals surface area contributed by atoms with Crippen LogP contribution in [-0.4, -0.2) is 31.4 Å². The second-order valence-electron chi connectivity index (χ2n) is 5.53. The van der Waals surface area contributed by atoms with Gasteiger partial charge in [0.25, 0.3) is 0 Å². The van der Waals surface area contributed by atoms with E-state index in [2.05, 4.69) is 15.4 Å². The number of anilines is 1. The molecule has 0 radical (unpaired) electrons. The largest absolute Gasteiger partial charge is 0.465 e. The molecule has 2 N–H and O–H groups in total. The molecule has 0 aromatic heterocycles. The van der Waals surface area contributed by atoms with Crippen molar-refractivity contribution in [2.24, 2.45) is 0 Å². The molecule has 2 aromatic rings. The zero-order valence-corrected chi connectivity index (χ0v) is 15.0. The van der Waals surface area contributed by atoms with Crippen molar-refractivity contribution < 1.29 is 19.1 Å². The molecule has 2 rings (SSSR count). The summed E-state index contributed by atoms with van der Waals surface area (Å²) in [6, 6.07) is 13.7. The van der Waals surface area contributed by atoms with Crippen LogP contribution in [0.4, 0.5) is 5.69 Å². The van der Waals surface area contributed by atoms with Crippen LogP contribution in [0.1, 0.15) is 22.3 Å². The zero-order valence-electron chi connectivity index (χ0n) is 14.3. The van der Waals surface area contributed by atoms with Crippen molar-refractivity contribution in [1.82, 2.24) is 5.32 Å². The molecule has 0 saturated heterocycles. The number of esters is 1. The Morgan fingerprint density at radius 3 is 2.54 bits per heavy atom. The third kappa shape index (κ3) is 6.22. The van der Waals surface area contributed by atoms with E-state index in [1.807, 2.05) is 18.2 Å². The highest BCUT2D eigenvalue weighted by atomic mass is 35.5. The average molecular weight is 375 g/mol. The van der Waals surface area contributed by atoms with E-state index in [-0.39, 0.29) is 12.3 Å². The summed E-state index contributed by atoms with van der Waals surface area (Å²) in [4.78, 5) is 35.3. The van der Waals surface area contributed by atoms with Crippen LogP contribution < -0.4 is 10.6 Å². The van der Waals surface area contributed by atoms with Gasteiger partial charge in [0.1, 0.15) is 6.42 Å². The highest BCUT2D eigenvalue weighted by molar-refractivity contribution is 6.30. The lowest BCUT2D eigenvalue weighted by molar-refractivity contribution is -0.126. The Kier molecular flexibility index (Phi) is 7.17. The van der Waals surface area contributed by atoms with E-state index in [4.69, 9.17) is 11.6 Å². The molecule has 0 aliphatic rings. The van der Waals surface area contributed by atoms with Crippen LogP contribution in [0.5, 0.6) is 0 Å². The fourth-order valence-electron chi connectivity index (χ4n) is 2.29. The summed E-state index contributed by atoms with van der Waals surface area (Å²) < 4.78 is 4.62. The van der Waals surface area contributed by atoms with E-state index in [0.717, 1.165) is 5.56 Å². The molecule has 6 nitrogen and oxygen atoms in total. The van der Waals surface area contributed by atoms with Gasteiger partial charge >= 0.3 is 5.97 Å². The third-order valence-electron chi connectivity index (χ3n) is 3.51. The SMILES string of the molecule is COC(=O)c1cccc(NC(=O)CC(=O)NCCc2cccc(Cl)c2)c1. The summed E-state index contributed by atoms with van der Waals surface area (Å²) >= 11 is 5.90. The van der Waals surface area contributed by atoms with E-state index in [1.54, 1.807) is 24.3 Å². The normalized spacial score (nSPS) is 10.1. The van der Waals surface area contributed by atoms with E-state index < -0.39 is 11.9 Å². The lowest BCUT2D eigenvalue weighted by Crippen LogP contribution is -2.29. The third-order valence-corrected chi connectivity index (χ3v) is 3.75. The van der Waals surface area contributed by atoms with Crippen LogP contribution >= 0.6 is 11.6 Å². The first-order valence-corrected chi connectivity index (χ1v) is 8.35. The highest BCUT2D eigenvalue weighted by Crippen LogP contribution is 2.12. The van der Waals surface area contributed by atoms with E-state index in [9.17, 15) is 14.4 Å². The Balaban J connectivity index is 1.78. The first kappa shape index (κ1) is 19.5. The molecule has 0 aliphatic heterocycles. The van der Waals surface area contributed by atoms with Crippen molar-refractivity contribution in [3.8, 4) is 0 Å². The number of ether oxygens (including phenoxy) is 1. The molecular weight excluding hydrogens is 356 g/mol. The molecular formula is C19H19ClN2O4. The number of carbonyl (C=O) groups excluding carboxylic acids is 3. The van der Waals surface area contributed by atoms with Gasteiger partial charge < -0.3 is 15.4 Å². The van der Waals surface area contributed by atoms with Gasteiger partial charge in [-0.1, -0.05) is 29.8 Å². The summed E-state index contributed by atoms with van der Waals surface area (Å²) in [5, 5.41) is 5.91. The van der Waals surface area contributed by atoms with Crippen LogP contribution in [0.3, 0.4) is 0 Å². The Bertz CT molecular complexity index is 808. The van der Waals surface area contributed by atoms with Crippen LogP contribution in [0.15, 0.2) is 48.5 Å². The van der Waals surface area contributed by atoms with Gasteiger partial charge in [0.2, 0.25) is 11.8 Å². The lowest BCUT2D eigenvalue weighted by Gasteiger charge is -2.08. The smallest absolute Gasteiger partial charge is 0.337 e. The molecule has 2 aromatic carbocycles. The van der Waals surface area contributed by atoms with Crippen molar-refractivity contribution in [2.45, 2.75) is 12.8 Å². The maximum Gasteiger partial charge on any atom is 0.337 e. The van der Waals surface area contributed by atoms with Gasteiger partial charge in [0.15, 0.2) is 0 Å². The molecule has 0 saturated carbocycles. The number of amides is 2. The minimum Gasteiger partial charge on any atom is -0.465 e. The Morgan fingerprint density at radius 1 is 1.04 bits per heavy atom. The van der Waals surface area contributed by atoms with Crippen LogP contribution in [0, 0.1) is 0 Å². The molecule has 0 atom stereocenters. The van der Waals surface area contributed by atoms with E-state index >= 15 is 0 Å². The van der Waals surface area contributed by atoms with Crippen LogP contribution in [0.25, 0.3) is 0 Å². The van der Waals surface area contributed by atoms with Crippen LogP contribution in [0.2, 0.25) is 5.02 Å². The predicted octanol–water partition coefficient (Wildman–Crippen LogP) is 2.81. The summed E-state index contributed by atoms with van der Waals surface area (Å²) in [6.07, 6.45) is 0.313. The number of benzene rings is 2. The summed E-state index contributed by atoms with van der Waals surface area (Å²) in [5.74, 6) is -1.35. The second kappa shape index (κ2) is 9.58. The molecule has 0 aliphatic carbocycles. The number of hydrogen-bond donors (Lipinski definition) is 2. The number of halogens is 1. The van der Waals surface area contributed by atoms with Crippen molar-refractivity contribution >= 4 is 35.1 Å². The van der Waals surface area contributed by atoms with Gasteiger partial charge in [-0.2, -0.15) is 0 Å². The van der Waals surface area contributed by atoms with Gasteiger partial charge in [-0.3, -0.25) is 9.59 Å². The lowest BCUT2D eigenvalue weighted by atomic mass is 10.1. The average Bonchev–Trinajstić information content (AvgIpc) is 2.61. The Morgan fingerprint density at radius 2 is 1.81 bits per heavy atom. The van der Waals surface area contributed by atoms with E-state index in [1.165, 1.54) is 13.2 Å². The molecule has 0 heterocycles. The number of nitrogens with one attached hydrogen (secondary N) is 2. The monoisotopic (exact) mass is 374 g/mol. The number of hydrogen-bond acceptors (Lipinski definition) is 4. The first-order chi connectivity index (χ1) is 12.5. The summed E-state index contributed by atoms with van der Waals surface area (Å²) in [7, 11) is 1.28. The second-order valence-corrected chi connectivity index (χ2v) is 5.96. The molecule has 2 amide bonds. The minimum atomic E-state index is -0.500. The van der Waals surface area contributed by atoms with Gasteiger partial charge in [-0.25, -0.2) is 4.79 Å². The maximum atomic E-state index is 11.9. The molecule has 0 fully saturated rings. The van der Waals surface area contributed by atoms with E-state index in [0.29, 0.717) is 29.2 Å². The number of methoxy groups -OCH3 is 1. The zero-order chi connectivity index (χ0) is 18.9. The molecule has 26 heavy (non-hydrogen) atoms. The van der Waals surface area contributed by atoms with Gasteiger partial charge in [-0.05, 0) is 42.3 Å². The molecule has 0 spiro atoms. The van der Waals surface area contributed by atoms with Gasteiger partial charge in [-0.15, -0.1) is 0 Å². The number of rotatable bonds is 7. The summed E-state index contributed by atoms with van der Waals surface area (Å²) in [6.45, 7) is 0.407. The standard InChI is InChI=1S/C19H19ClN2O4/c1-26-19(25)14-5-3-7-16(11-14)22-18(24)12-17(23)21-9-8-13-4-2-6-15(20)10-13/h2-7,10-11H,8-9,12H2,1H3,(H,21,23)(H,22,24). The number of carbonyl (C=O) groups is 3. The topological polar surface area (TPSA) is 84.5 Å². The fourth-order valence-corrected chi connectivity index (χ4v) is 2.51. The van der Waals surface area contributed by atoms with Crippen molar-refractivity contribution in [2.75, 3.05) is 19.0 Å². The minimum absolute atomic E-state index is 0.308. The molecule has 0 unspecified atom stereocenters. The Labute approximate surface area is 156 Å². The Hall–Kier alpha value is -2.86. The first-order valence-electron chi connectivity index (χ1n) is 7.97. The quantitative estimate of drug-likeness (QED) is 0.576. The molecule has 136 valence electrons. The van der Waals surface area contributed by atoms with Crippen molar-refractivity contribution in [3.63, 3.8) is 0 Å². The molecule has 0 bridgehead atoms. The van der Waals surface area contributed by atoms with Crippen LogP contribution in [-0.2, 0) is 20.7 Å². The molecule has 7 heteroatoms. The predicted molar refractivity (Wildman–Crippen MR) is 99.2 cm³/mol. The van der Waals surface area contributed by atoms with Gasteiger partial charge in [0, 0.05) is 17.3 Å². The maximum absolute atomic E-state index is 11.9. The fraction of sp³-hybridized carbons (Fsp3) is 0.211. The summed E-state index contributed by atoms with van der Waals surface area (Å²) in [5.41, 5.74) is 1.74. The van der Waals surface area contributed by atoms with Gasteiger partial charge in [0.05, 0.1) is 12.7 Å². The highest BCUT2D eigenvalue weighted by Gasteiger charge is 2.11.